The van der Waals surface area contributed by atoms with Crippen LogP contribution in [0.1, 0.15) is 53.4 Å². The molecule has 20 heavy (non-hydrogen) atoms. The van der Waals surface area contributed by atoms with Gasteiger partial charge in [-0.2, -0.15) is 0 Å². The molecule has 1 aliphatic heterocycles. The molecule has 4 nitrogen and oxygen atoms in total. The van der Waals surface area contributed by atoms with Crippen LogP contribution in [0.3, 0.4) is 0 Å². The van der Waals surface area contributed by atoms with E-state index in [1.165, 1.54) is 12.8 Å². The first-order valence-corrected chi connectivity index (χ1v) is 8.32. The molecule has 118 valence electrons. The SMILES string of the molecule is CCNC(=NCCCC(C)C)N1CCC(OCC)CC1. The zero-order valence-electron chi connectivity index (χ0n) is 13.8. The van der Waals surface area contributed by atoms with Crippen LogP contribution in [-0.4, -0.2) is 49.7 Å². The van der Waals surface area contributed by atoms with Crippen LogP contribution in [0.4, 0.5) is 0 Å². The molecule has 1 aliphatic rings. The fraction of sp³-hybridized carbons (Fsp3) is 0.938. The van der Waals surface area contributed by atoms with Gasteiger partial charge < -0.3 is 15.0 Å². The Morgan fingerprint density at radius 3 is 2.55 bits per heavy atom. The Hall–Kier alpha value is -0.770. The molecule has 0 spiro atoms. The van der Waals surface area contributed by atoms with E-state index in [0.717, 1.165) is 57.5 Å². The molecule has 4 heteroatoms. The van der Waals surface area contributed by atoms with Gasteiger partial charge >= 0.3 is 0 Å². The molecule has 0 aromatic carbocycles. The van der Waals surface area contributed by atoms with Gasteiger partial charge in [-0.1, -0.05) is 13.8 Å². The van der Waals surface area contributed by atoms with Crippen molar-refractivity contribution in [1.29, 1.82) is 0 Å². The predicted octanol–water partition coefficient (Wildman–Crippen LogP) is 2.89. The summed E-state index contributed by atoms with van der Waals surface area (Å²) in [5, 5.41) is 3.42. The summed E-state index contributed by atoms with van der Waals surface area (Å²) in [6.45, 7) is 13.6. The second-order valence-corrected chi connectivity index (χ2v) is 5.91. The smallest absolute Gasteiger partial charge is 0.193 e. The van der Waals surface area contributed by atoms with Crippen LogP contribution in [0.2, 0.25) is 0 Å². The minimum atomic E-state index is 0.445. The number of hydrogen-bond acceptors (Lipinski definition) is 2. The van der Waals surface area contributed by atoms with Gasteiger partial charge in [-0.05, 0) is 45.4 Å². The highest BCUT2D eigenvalue weighted by atomic mass is 16.5. The minimum absolute atomic E-state index is 0.445. The van der Waals surface area contributed by atoms with Crippen molar-refractivity contribution < 1.29 is 4.74 Å². The molecule has 0 radical (unpaired) electrons. The van der Waals surface area contributed by atoms with Gasteiger partial charge in [0, 0.05) is 32.8 Å². The third kappa shape index (κ3) is 6.60. The van der Waals surface area contributed by atoms with Crippen LogP contribution >= 0.6 is 0 Å². The summed E-state index contributed by atoms with van der Waals surface area (Å²) < 4.78 is 5.71. The Labute approximate surface area is 125 Å². The maximum Gasteiger partial charge on any atom is 0.193 e. The average molecular weight is 283 g/mol. The Kier molecular flexibility index (Phi) is 8.67. The van der Waals surface area contributed by atoms with Crippen LogP contribution in [0.25, 0.3) is 0 Å². The maximum atomic E-state index is 5.71. The lowest BCUT2D eigenvalue weighted by atomic mass is 10.1. The van der Waals surface area contributed by atoms with Crippen LogP contribution in [0.5, 0.6) is 0 Å². The number of likely N-dealkylation sites (tertiary alicyclic amines) is 1. The van der Waals surface area contributed by atoms with E-state index in [1.807, 2.05) is 0 Å². The first-order chi connectivity index (χ1) is 9.67. The summed E-state index contributed by atoms with van der Waals surface area (Å²) in [4.78, 5) is 7.15. The third-order valence-electron chi connectivity index (χ3n) is 3.68. The molecule has 1 heterocycles. The van der Waals surface area contributed by atoms with Gasteiger partial charge in [0.05, 0.1) is 6.10 Å². The molecule has 0 bridgehead atoms. The Bertz CT molecular complexity index is 271. The molecule has 0 aromatic heterocycles. The second kappa shape index (κ2) is 10.0. The van der Waals surface area contributed by atoms with E-state index in [0.29, 0.717) is 6.10 Å². The summed E-state index contributed by atoms with van der Waals surface area (Å²) in [6.07, 6.45) is 5.12. The van der Waals surface area contributed by atoms with Gasteiger partial charge in [-0.25, -0.2) is 0 Å². The number of nitrogens with one attached hydrogen (secondary N) is 1. The van der Waals surface area contributed by atoms with Crippen LogP contribution in [0, 0.1) is 5.92 Å². The van der Waals surface area contributed by atoms with E-state index in [-0.39, 0.29) is 0 Å². The number of nitrogens with zero attached hydrogens (tertiary/aromatic N) is 2. The number of rotatable bonds is 7. The first kappa shape index (κ1) is 17.3. The molecule has 1 N–H and O–H groups in total. The molecule has 0 unspecified atom stereocenters. The zero-order valence-corrected chi connectivity index (χ0v) is 13.8. The Balaban J connectivity index is 2.39. The van der Waals surface area contributed by atoms with Gasteiger partial charge in [-0.15, -0.1) is 0 Å². The van der Waals surface area contributed by atoms with E-state index in [1.54, 1.807) is 0 Å². The summed E-state index contributed by atoms with van der Waals surface area (Å²) in [5.74, 6) is 1.86. The molecular formula is C16H33N3O. The molecule has 1 fully saturated rings. The molecule has 0 saturated carbocycles. The van der Waals surface area contributed by atoms with Crippen LogP contribution < -0.4 is 5.32 Å². The lowest BCUT2D eigenvalue weighted by Gasteiger charge is -2.34. The topological polar surface area (TPSA) is 36.9 Å². The number of ether oxygens (including phenoxy) is 1. The van der Waals surface area contributed by atoms with E-state index in [2.05, 4.69) is 37.9 Å². The Morgan fingerprint density at radius 2 is 2.00 bits per heavy atom. The average Bonchev–Trinajstić information content (AvgIpc) is 2.43. The zero-order chi connectivity index (χ0) is 14.8. The summed E-state index contributed by atoms with van der Waals surface area (Å²) >= 11 is 0. The Morgan fingerprint density at radius 1 is 1.30 bits per heavy atom. The number of hydrogen-bond donors (Lipinski definition) is 1. The van der Waals surface area contributed by atoms with E-state index in [4.69, 9.17) is 9.73 Å². The summed E-state index contributed by atoms with van der Waals surface area (Å²) in [7, 11) is 0. The molecule has 0 amide bonds. The van der Waals surface area contributed by atoms with Gasteiger partial charge in [0.25, 0.3) is 0 Å². The summed E-state index contributed by atoms with van der Waals surface area (Å²) in [5.41, 5.74) is 0. The lowest BCUT2D eigenvalue weighted by molar-refractivity contribution is 0.0264. The van der Waals surface area contributed by atoms with Crippen LogP contribution in [-0.2, 0) is 4.74 Å². The normalized spacial score (nSPS) is 17.9. The fourth-order valence-electron chi connectivity index (χ4n) is 2.58. The van der Waals surface area contributed by atoms with Crippen molar-refractivity contribution >= 4 is 5.96 Å². The number of aliphatic imine (C=N–C) groups is 1. The molecule has 1 saturated heterocycles. The van der Waals surface area contributed by atoms with Gasteiger partial charge in [-0.3, -0.25) is 4.99 Å². The lowest BCUT2D eigenvalue weighted by Crippen LogP contribution is -2.47. The van der Waals surface area contributed by atoms with Gasteiger partial charge in [0.1, 0.15) is 0 Å². The standard InChI is InChI=1S/C16H33N3O/c1-5-17-16(18-11-7-8-14(3)4)19-12-9-15(10-13-19)20-6-2/h14-15H,5-13H2,1-4H3,(H,17,18). The fourth-order valence-corrected chi connectivity index (χ4v) is 2.58. The van der Waals surface area contributed by atoms with Crippen molar-refractivity contribution in [3.05, 3.63) is 0 Å². The molecule has 1 rings (SSSR count). The quantitative estimate of drug-likeness (QED) is 0.443. The van der Waals surface area contributed by atoms with Crippen molar-refractivity contribution in [3.63, 3.8) is 0 Å². The molecule has 0 atom stereocenters. The van der Waals surface area contributed by atoms with Crippen molar-refractivity contribution in [2.75, 3.05) is 32.8 Å². The highest BCUT2D eigenvalue weighted by Gasteiger charge is 2.21. The number of guanidine groups is 1. The van der Waals surface area contributed by atoms with Crippen LogP contribution in [0.15, 0.2) is 4.99 Å². The van der Waals surface area contributed by atoms with Crippen molar-refractivity contribution in [3.8, 4) is 0 Å². The molecular weight excluding hydrogens is 250 g/mol. The number of piperidine rings is 1. The minimum Gasteiger partial charge on any atom is -0.378 e. The van der Waals surface area contributed by atoms with Crippen molar-refractivity contribution in [2.24, 2.45) is 10.9 Å². The van der Waals surface area contributed by atoms with E-state index >= 15 is 0 Å². The molecule has 0 aromatic rings. The monoisotopic (exact) mass is 283 g/mol. The van der Waals surface area contributed by atoms with E-state index in [9.17, 15) is 0 Å². The highest BCUT2D eigenvalue weighted by Crippen LogP contribution is 2.14. The van der Waals surface area contributed by atoms with Crippen molar-refractivity contribution in [1.82, 2.24) is 10.2 Å². The van der Waals surface area contributed by atoms with E-state index < -0.39 is 0 Å². The highest BCUT2D eigenvalue weighted by molar-refractivity contribution is 5.80. The van der Waals surface area contributed by atoms with Crippen molar-refractivity contribution in [2.45, 2.75) is 59.5 Å². The van der Waals surface area contributed by atoms with Gasteiger partial charge in [0.2, 0.25) is 0 Å². The third-order valence-corrected chi connectivity index (χ3v) is 3.68. The first-order valence-electron chi connectivity index (χ1n) is 8.32. The second-order valence-electron chi connectivity index (χ2n) is 5.91. The summed E-state index contributed by atoms with van der Waals surface area (Å²) in [6, 6.07) is 0. The van der Waals surface area contributed by atoms with Gasteiger partial charge in [0.15, 0.2) is 5.96 Å². The predicted molar refractivity (Wildman–Crippen MR) is 86.3 cm³/mol. The largest absolute Gasteiger partial charge is 0.378 e. The maximum absolute atomic E-state index is 5.71. The molecule has 0 aliphatic carbocycles.